The molecule has 0 fully saturated rings. The van der Waals surface area contributed by atoms with E-state index in [1.807, 2.05) is 0 Å². The number of ether oxygens (including phenoxy) is 1. The lowest BCUT2D eigenvalue weighted by molar-refractivity contribution is 0.0474. The van der Waals surface area contributed by atoms with Gasteiger partial charge in [0.2, 0.25) is 5.78 Å². The number of hydrogen-bond donors (Lipinski definition) is 0. The summed E-state index contributed by atoms with van der Waals surface area (Å²) in [6.45, 7) is 2.92. The van der Waals surface area contributed by atoms with E-state index < -0.39 is 34.0 Å². The highest BCUT2D eigenvalue weighted by molar-refractivity contribution is 7.90. The topological polar surface area (TPSA) is 82.4 Å². The van der Waals surface area contributed by atoms with E-state index in [4.69, 9.17) is 16.3 Å². The molecule has 0 aliphatic carbocycles. The van der Waals surface area contributed by atoms with Gasteiger partial charge < -0.3 is 9.30 Å². The van der Waals surface area contributed by atoms with Crippen molar-refractivity contribution in [2.75, 3.05) is 12.9 Å². The molecule has 2 aromatic carbocycles. The van der Waals surface area contributed by atoms with E-state index in [1.165, 1.54) is 24.3 Å². The summed E-state index contributed by atoms with van der Waals surface area (Å²) in [5.74, 6) is -1.78. The number of aryl methyl sites for hydroxylation is 1. The molecule has 3 aromatic rings. The van der Waals surface area contributed by atoms with Gasteiger partial charge in [-0.1, -0.05) is 17.7 Å². The van der Waals surface area contributed by atoms with Gasteiger partial charge in [0.25, 0.3) is 0 Å². The number of sulfone groups is 1. The second kappa shape index (κ2) is 8.64. The van der Waals surface area contributed by atoms with E-state index in [0.29, 0.717) is 22.6 Å². The van der Waals surface area contributed by atoms with Crippen molar-refractivity contribution < 1.29 is 27.1 Å². The molecule has 0 N–H and O–H groups in total. The summed E-state index contributed by atoms with van der Waals surface area (Å²) in [4.78, 5) is 25.0. The Morgan fingerprint density at radius 1 is 1.06 bits per heavy atom. The van der Waals surface area contributed by atoms with E-state index in [9.17, 15) is 22.4 Å². The first kappa shape index (κ1) is 22.7. The molecule has 0 amide bonds. The summed E-state index contributed by atoms with van der Waals surface area (Å²) in [5.41, 5.74) is 2.02. The van der Waals surface area contributed by atoms with E-state index in [2.05, 4.69) is 0 Å². The molecule has 31 heavy (non-hydrogen) atoms. The number of hydrogen-bond acceptors (Lipinski definition) is 5. The summed E-state index contributed by atoms with van der Waals surface area (Å²) in [6.07, 6.45) is 1.00. The number of carbonyl (C=O) groups excluding carboxylic acids is 2. The molecule has 162 valence electrons. The van der Waals surface area contributed by atoms with Crippen LogP contribution >= 0.6 is 11.6 Å². The van der Waals surface area contributed by atoms with Crippen LogP contribution in [0.3, 0.4) is 0 Å². The Hall–Kier alpha value is -2.97. The number of Topliss-reactive ketones (excluding diaryl/α,β-unsaturated/α-hetero) is 1. The van der Waals surface area contributed by atoms with Gasteiger partial charge in [0.15, 0.2) is 16.4 Å². The maximum atomic E-state index is 13.6. The van der Waals surface area contributed by atoms with E-state index in [1.54, 1.807) is 36.6 Å². The number of aromatic nitrogens is 1. The number of esters is 1. The lowest BCUT2D eigenvalue weighted by Gasteiger charge is -2.10. The quantitative estimate of drug-likeness (QED) is 0.401. The molecule has 0 saturated carbocycles. The average molecular weight is 464 g/mol. The Morgan fingerprint density at radius 2 is 1.77 bits per heavy atom. The SMILES string of the molecule is Cc1cc(C(=O)COC(=O)c2cc(S(C)(=O)=O)ccc2Cl)c(C)n1-c1cccc(F)c1. The van der Waals surface area contributed by atoms with Crippen LogP contribution in [0.25, 0.3) is 5.69 Å². The minimum Gasteiger partial charge on any atom is -0.454 e. The second-order valence-corrected chi connectivity index (χ2v) is 9.44. The van der Waals surface area contributed by atoms with E-state index >= 15 is 0 Å². The fraction of sp³-hybridized carbons (Fsp3) is 0.182. The van der Waals surface area contributed by atoms with Crippen molar-refractivity contribution in [3.63, 3.8) is 0 Å². The van der Waals surface area contributed by atoms with Crippen LogP contribution in [0.1, 0.15) is 32.1 Å². The third-order valence-electron chi connectivity index (χ3n) is 4.72. The number of carbonyl (C=O) groups is 2. The normalized spacial score (nSPS) is 11.4. The summed E-state index contributed by atoms with van der Waals surface area (Å²) >= 11 is 5.99. The van der Waals surface area contributed by atoms with Crippen LogP contribution in [-0.2, 0) is 14.6 Å². The number of nitrogens with zero attached hydrogens (tertiary/aromatic N) is 1. The van der Waals surface area contributed by atoms with Crippen molar-refractivity contribution in [1.29, 1.82) is 0 Å². The van der Waals surface area contributed by atoms with Gasteiger partial charge in [0.1, 0.15) is 5.82 Å². The average Bonchev–Trinajstić information content (AvgIpc) is 2.99. The van der Waals surface area contributed by atoms with Crippen molar-refractivity contribution in [1.82, 2.24) is 4.57 Å². The predicted octanol–water partition coefficient (Wildman–Crippen LogP) is 4.33. The summed E-state index contributed by atoms with van der Waals surface area (Å²) in [6, 6.07) is 11.3. The van der Waals surface area contributed by atoms with Crippen LogP contribution in [0.4, 0.5) is 4.39 Å². The number of ketones is 1. The molecule has 0 unspecified atom stereocenters. The highest BCUT2D eigenvalue weighted by Crippen LogP contribution is 2.23. The molecule has 0 aliphatic heterocycles. The van der Waals surface area contributed by atoms with Crippen molar-refractivity contribution in [2.45, 2.75) is 18.7 Å². The monoisotopic (exact) mass is 463 g/mol. The molecule has 3 rings (SSSR count). The Bertz CT molecular complexity index is 1300. The van der Waals surface area contributed by atoms with Gasteiger partial charge in [-0.2, -0.15) is 0 Å². The Labute approximate surface area is 184 Å². The first-order chi connectivity index (χ1) is 14.5. The van der Waals surface area contributed by atoms with Crippen LogP contribution in [-0.4, -0.2) is 37.6 Å². The number of benzene rings is 2. The van der Waals surface area contributed by atoms with E-state index in [-0.39, 0.29) is 15.5 Å². The van der Waals surface area contributed by atoms with Crippen molar-refractivity contribution >= 4 is 33.2 Å². The minimum absolute atomic E-state index is 0.00845. The highest BCUT2D eigenvalue weighted by Gasteiger charge is 2.21. The minimum atomic E-state index is -3.55. The molecule has 0 aliphatic rings. The largest absolute Gasteiger partial charge is 0.454 e. The van der Waals surface area contributed by atoms with Crippen molar-refractivity contribution in [3.8, 4) is 5.69 Å². The molecule has 0 atom stereocenters. The number of halogens is 2. The van der Waals surface area contributed by atoms with Crippen LogP contribution in [0.15, 0.2) is 53.4 Å². The van der Waals surface area contributed by atoms with Crippen molar-refractivity contribution in [3.05, 3.63) is 81.9 Å². The maximum Gasteiger partial charge on any atom is 0.340 e. The van der Waals surface area contributed by atoms with Gasteiger partial charge in [-0.3, -0.25) is 4.79 Å². The summed E-state index contributed by atoms with van der Waals surface area (Å²) in [5, 5.41) is 0.00845. The third-order valence-corrected chi connectivity index (χ3v) is 6.16. The first-order valence-electron chi connectivity index (χ1n) is 9.14. The van der Waals surface area contributed by atoms with Crippen LogP contribution in [0.5, 0.6) is 0 Å². The fourth-order valence-electron chi connectivity index (χ4n) is 3.24. The molecule has 0 bridgehead atoms. The molecular formula is C22H19ClFNO5S. The molecule has 9 heteroatoms. The Morgan fingerprint density at radius 3 is 2.42 bits per heavy atom. The zero-order valence-corrected chi connectivity index (χ0v) is 18.6. The van der Waals surface area contributed by atoms with Crippen molar-refractivity contribution in [2.24, 2.45) is 0 Å². The zero-order valence-electron chi connectivity index (χ0n) is 17.0. The van der Waals surface area contributed by atoms with Crippen LogP contribution < -0.4 is 0 Å². The third kappa shape index (κ3) is 4.86. The van der Waals surface area contributed by atoms with Gasteiger partial charge >= 0.3 is 5.97 Å². The smallest absolute Gasteiger partial charge is 0.340 e. The molecule has 0 spiro atoms. The zero-order chi connectivity index (χ0) is 22.9. The summed E-state index contributed by atoms with van der Waals surface area (Å²) < 4.78 is 43.8. The predicted molar refractivity (Wildman–Crippen MR) is 114 cm³/mol. The van der Waals surface area contributed by atoms with Gasteiger partial charge in [0, 0.05) is 28.9 Å². The maximum absolute atomic E-state index is 13.6. The molecule has 1 aromatic heterocycles. The Balaban J connectivity index is 1.81. The molecular weight excluding hydrogens is 445 g/mol. The van der Waals surface area contributed by atoms with Gasteiger partial charge in [0.05, 0.1) is 15.5 Å². The second-order valence-electron chi connectivity index (χ2n) is 7.01. The molecule has 1 heterocycles. The lowest BCUT2D eigenvalue weighted by atomic mass is 10.1. The van der Waals surface area contributed by atoms with Gasteiger partial charge in [-0.05, 0) is 56.3 Å². The van der Waals surface area contributed by atoms with Gasteiger partial charge in [-0.25, -0.2) is 17.6 Å². The molecule has 0 radical (unpaired) electrons. The van der Waals surface area contributed by atoms with Crippen LogP contribution in [0, 0.1) is 19.7 Å². The molecule has 0 saturated heterocycles. The van der Waals surface area contributed by atoms with Crippen LogP contribution in [0.2, 0.25) is 5.02 Å². The Kier molecular flexibility index (Phi) is 6.33. The highest BCUT2D eigenvalue weighted by atomic mass is 35.5. The van der Waals surface area contributed by atoms with Gasteiger partial charge in [-0.15, -0.1) is 0 Å². The lowest BCUT2D eigenvalue weighted by Crippen LogP contribution is -2.15. The molecule has 6 nitrogen and oxygen atoms in total. The summed E-state index contributed by atoms with van der Waals surface area (Å²) in [7, 11) is -3.55. The fourth-order valence-corrected chi connectivity index (χ4v) is 4.08. The first-order valence-corrected chi connectivity index (χ1v) is 11.4. The number of rotatable bonds is 6. The van der Waals surface area contributed by atoms with E-state index in [0.717, 1.165) is 12.3 Å². The standard InChI is InChI=1S/C22H19ClFNO5S/c1-13-9-18(14(2)25(13)16-6-4-5-15(24)10-16)21(26)12-30-22(27)19-11-17(31(3,28)29)7-8-20(19)23/h4-11H,12H2,1-3H3.